The van der Waals surface area contributed by atoms with Crippen molar-refractivity contribution in [2.24, 2.45) is 0 Å². The van der Waals surface area contributed by atoms with E-state index in [4.69, 9.17) is 46.4 Å². The van der Waals surface area contributed by atoms with Crippen LogP contribution in [0.15, 0.2) is 45.9 Å². The third-order valence-electron chi connectivity index (χ3n) is 4.69. The smallest absolute Gasteiger partial charge is 0.253 e. The van der Waals surface area contributed by atoms with Crippen LogP contribution in [0.2, 0.25) is 20.1 Å². The number of amides is 2. The molecule has 198 valence electrons. The van der Waals surface area contributed by atoms with Crippen molar-refractivity contribution in [2.75, 3.05) is 16.8 Å². The van der Waals surface area contributed by atoms with Gasteiger partial charge >= 0.3 is 0 Å². The van der Waals surface area contributed by atoms with Gasteiger partial charge in [-0.25, -0.2) is 0 Å². The highest BCUT2D eigenvalue weighted by Crippen LogP contribution is 2.29. The first kappa shape index (κ1) is 28.9. The molecule has 4 rings (SSSR count). The first-order chi connectivity index (χ1) is 18.2. The van der Waals surface area contributed by atoms with Gasteiger partial charge in [-0.3, -0.25) is 19.5 Å². The van der Waals surface area contributed by atoms with Gasteiger partial charge in [0, 0.05) is 5.02 Å². The zero-order valence-corrected chi connectivity index (χ0v) is 24.8. The summed E-state index contributed by atoms with van der Waals surface area (Å²) in [6.45, 7) is 2.02. The molecular weight excluding hydrogens is 632 g/mol. The molecule has 0 radical (unpaired) electrons. The lowest BCUT2D eigenvalue weighted by atomic mass is 10.2. The lowest BCUT2D eigenvalue weighted by Gasteiger charge is -2.12. The summed E-state index contributed by atoms with van der Waals surface area (Å²) in [6.07, 6.45) is 0. The SMILES string of the molecule is CCSc1nnc(NC(=O)CSc2nnc(CNC(=O)c3cc(Cl)ccc3Cl)n2-c2ccc(Cl)c(Cl)c2)s1. The second-order valence-corrected chi connectivity index (χ2v) is 12.4. The molecule has 2 aromatic carbocycles. The Hall–Kier alpha value is -2.06. The fraction of sp³-hybridized carbons (Fsp3) is 0.182. The first-order valence-electron chi connectivity index (χ1n) is 10.8. The summed E-state index contributed by atoms with van der Waals surface area (Å²) < 4.78 is 2.46. The van der Waals surface area contributed by atoms with Gasteiger partial charge in [0.1, 0.15) is 0 Å². The van der Waals surface area contributed by atoms with Gasteiger partial charge in [-0.05, 0) is 42.2 Å². The maximum absolute atomic E-state index is 12.8. The lowest BCUT2D eigenvalue weighted by molar-refractivity contribution is -0.113. The molecule has 0 atom stereocenters. The first-order valence-corrected chi connectivity index (χ1v) is 15.1. The number of thioether (sulfide) groups is 2. The molecule has 2 heterocycles. The van der Waals surface area contributed by atoms with Crippen LogP contribution in [0, 0.1) is 0 Å². The molecule has 2 aromatic heterocycles. The predicted molar refractivity (Wildman–Crippen MR) is 155 cm³/mol. The number of benzene rings is 2. The van der Waals surface area contributed by atoms with E-state index in [-0.39, 0.29) is 28.8 Å². The fourth-order valence-electron chi connectivity index (χ4n) is 3.05. The average Bonchev–Trinajstić information content (AvgIpc) is 3.51. The van der Waals surface area contributed by atoms with Crippen LogP contribution >= 0.6 is 81.3 Å². The Labute approximate surface area is 250 Å². The Kier molecular flexibility index (Phi) is 10.2. The molecule has 0 aliphatic heterocycles. The summed E-state index contributed by atoms with van der Waals surface area (Å²) in [7, 11) is 0. The zero-order valence-electron chi connectivity index (χ0n) is 19.4. The quantitative estimate of drug-likeness (QED) is 0.148. The van der Waals surface area contributed by atoms with Crippen molar-refractivity contribution in [3.8, 4) is 5.69 Å². The second kappa shape index (κ2) is 13.3. The van der Waals surface area contributed by atoms with Crippen molar-refractivity contribution in [1.82, 2.24) is 30.3 Å². The number of hydrogen-bond donors (Lipinski definition) is 2. The maximum atomic E-state index is 12.8. The summed E-state index contributed by atoms with van der Waals surface area (Å²) >= 11 is 28.5. The number of halogens is 4. The summed E-state index contributed by atoms with van der Waals surface area (Å²) in [5.41, 5.74) is 0.825. The molecule has 0 aliphatic rings. The van der Waals surface area contributed by atoms with Gasteiger partial charge in [-0.2, -0.15) is 0 Å². The van der Waals surface area contributed by atoms with E-state index in [1.165, 1.54) is 17.4 Å². The Morgan fingerprint density at radius 3 is 2.50 bits per heavy atom. The summed E-state index contributed by atoms with van der Waals surface area (Å²) in [5, 5.41) is 24.1. The Bertz CT molecular complexity index is 1480. The van der Waals surface area contributed by atoms with Crippen molar-refractivity contribution in [3.05, 3.63) is 67.9 Å². The summed E-state index contributed by atoms with van der Waals surface area (Å²) in [6, 6.07) is 9.62. The molecule has 4 aromatic rings. The number of nitrogens with zero attached hydrogens (tertiary/aromatic N) is 5. The topological polar surface area (TPSA) is 115 Å². The zero-order chi connectivity index (χ0) is 27.2. The van der Waals surface area contributed by atoms with Crippen LogP contribution in [0.5, 0.6) is 0 Å². The van der Waals surface area contributed by atoms with Gasteiger partial charge < -0.3 is 5.32 Å². The Balaban J connectivity index is 1.52. The summed E-state index contributed by atoms with van der Waals surface area (Å²) in [4.78, 5) is 25.3. The molecule has 0 aliphatic carbocycles. The molecular formula is C22H17Cl4N7O2S3. The van der Waals surface area contributed by atoms with Crippen LogP contribution in [0.1, 0.15) is 23.1 Å². The number of nitrogens with one attached hydrogen (secondary N) is 2. The molecule has 0 saturated carbocycles. The highest BCUT2D eigenvalue weighted by Gasteiger charge is 2.19. The Morgan fingerprint density at radius 2 is 1.74 bits per heavy atom. The molecule has 0 bridgehead atoms. The lowest BCUT2D eigenvalue weighted by Crippen LogP contribution is -2.25. The molecule has 2 amide bonds. The molecule has 38 heavy (non-hydrogen) atoms. The van der Waals surface area contributed by atoms with Crippen LogP contribution < -0.4 is 10.6 Å². The molecule has 0 fully saturated rings. The van der Waals surface area contributed by atoms with Gasteiger partial charge in [0.15, 0.2) is 15.3 Å². The largest absolute Gasteiger partial charge is 0.345 e. The molecule has 9 nitrogen and oxygen atoms in total. The van der Waals surface area contributed by atoms with Gasteiger partial charge in [0.05, 0.1) is 38.6 Å². The third kappa shape index (κ3) is 7.32. The standard InChI is InChI=1S/C22H17Cl4N7O2S3/c1-2-36-22-32-30-20(38-22)28-18(34)10-37-21-31-29-17(33(21)12-4-6-15(25)16(26)8-12)9-27-19(35)13-7-11(23)3-5-14(13)24/h3-8H,2,9-10H2,1H3,(H,27,35)(H,28,30,34). The van der Waals surface area contributed by atoms with Crippen LogP contribution in [-0.2, 0) is 11.3 Å². The van der Waals surface area contributed by atoms with Crippen molar-refractivity contribution in [2.45, 2.75) is 23.0 Å². The van der Waals surface area contributed by atoms with E-state index < -0.39 is 5.91 Å². The van der Waals surface area contributed by atoms with E-state index in [2.05, 4.69) is 31.0 Å². The third-order valence-corrected chi connectivity index (χ3v) is 8.78. The number of hydrogen-bond acceptors (Lipinski definition) is 9. The van der Waals surface area contributed by atoms with E-state index in [9.17, 15) is 9.59 Å². The van der Waals surface area contributed by atoms with Crippen molar-refractivity contribution in [3.63, 3.8) is 0 Å². The number of carbonyl (C=O) groups is 2. The molecule has 0 spiro atoms. The molecule has 16 heteroatoms. The van der Waals surface area contributed by atoms with Crippen LogP contribution in [0.25, 0.3) is 5.69 Å². The van der Waals surface area contributed by atoms with E-state index >= 15 is 0 Å². The number of rotatable bonds is 10. The minimum atomic E-state index is -0.438. The molecule has 2 N–H and O–H groups in total. The molecule has 0 saturated heterocycles. The average molecular weight is 649 g/mol. The van der Waals surface area contributed by atoms with Gasteiger partial charge in [0.2, 0.25) is 11.0 Å². The van der Waals surface area contributed by atoms with Gasteiger partial charge in [-0.1, -0.05) is 88.2 Å². The van der Waals surface area contributed by atoms with E-state index in [0.717, 1.165) is 21.9 Å². The van der Waals surface area contributed by atoms with Crippen molar-refractivity contribution >= 4 is 98.2 Å². The number of carbonyl (C=O) groups excluding carboxylic acids is 2. The maximum Gasteiger partial charge on any atom is 0.253 e. The van der Waals surface area contributed by atoms with Gasteiger partial charge in [0.25, 0.3) is 5.91 Å². The van der Waals surface area contributed by atoms with Crippen LogP contribution in [0.4, 0.5) is 5.13 Å². The van der Waals surface area contributed by atoms with E-state index in [1.54, 1.807) is 46.7 Å². The van der Waals surface area contributed by atoms with Gasteiger partial charge in [-0.15, -0.1) is 20.4 Å². The highest BCUT2D eigenvalue weighted by molar-refractivity contribution is 8.01. The number of anilines is 1. The second-order valence-electron chi connectivity index (χ2n) is 7.28. The van der Waals surface area contributed by atoms with Crippen molar-refractivity contribution < 1.29 is 9.59 Å². The molecule has 0 unspecified atom stereocenters. The fourth-order valence-corrected chi connectivity index (χ4v) is 6.15. The number of aromatic nitrogens is 5. The van der Waals surface area contributed by atoms with Crippen LogP contribution in [0.3, 0.4) is 0 Å². The van der Waals surface area contributed by atoms with Crippen molar-refractivity contribution in [1.29, 1.82) is 0 Å². The minimum Gasteiger partial charge on any atom is -0.345 e. The Morgan fingerprint density at radius 1 is 0.947 bits per heavy atom. The monoisotopic (exact) mass is 647 g/mol. The van der Waals surface area contributed by atoms with E-state index in [1.807, 2.05) is 6.92 Å². The summed E-state index contributed by atoms with van der Waals surface area (Å²) in [5.74, 6) is 0.557. The van der Waals surface area contributed by atoms with E-state index in [0.29, 0.717) is 36.9 Å². The minimum absolute atomic E-state index is 0.00430. The van der Waals surface area contributed by atoms with Crippen LogP contribution in [-0.4, -0.2) is 48.3 Å². The predicted octanol–water partition coefficient (Wildman–Crippen LogP) is 6.51. The normalized spacial score (nSPS) is 11.0. The highest BCUT2D eigenvalue weighted by atomic mass is 35.5.